The second-order valence-electron chi connectivity index (χ2n) is 8.86. The minimum atomic E-state index is -3.86. The molecule has 2 aromatic carbocycles. The molecule has 1 aliphatic carbocycles. The number of sulfonamides is 1. The van der Waals surface area contributed by atoms with Gasteiger partial charge in [0.05, 0.1) is 23.5 Å². The van der Waals surface area contributed by atoms with Crippen LogP contribution >= 0.6 is 0 Å². The van der Waals surface area contributed by atoms with Gasteiger partial charge in [-0.2, -0.15) is 4.31 Å². The summed E-state index contributed by atoms with van der Waals surface area (Å²) in [5.41, 5.74) is 1.98. The van der Waals surface area contributed by atoms with E-state index in [1.54, 1.807) is 31.4 Å². The molecule has 2 aromatic rings. The third-order valence-corrected chi connectivity index (χ3v) is 10.3. The zero-order chi connectivity index (χ0) is 22.8. The molecule has 32 heavy (non-hydrogen) atoms. The Morgan fingerprint density at radius 1 is 0.938 bits per heavy atom. The van der Waals surface area contributed by atoms with Crippen LogP contribution in [0.1, 0.15) is 55.6 Å². The van der Waals surface area contributed by atoms with E-state index in [4.69, 9.17) is 4.74 Å². The van der Waals surface area contributed by atoms with Crippen molar-refractivity contribution in [1.29, 1.82) is 0 Å². The number of benzene rings is 2. The topological polar surface area (TPSA) is 80.8 Å². The minimum Gasteiger partial charge on any atom is -0.497 e. The molecule has 2 aliphatic rings. The average Bonchev–Trinajstić information content (AvgIpc) is 3.17. The summed E-state index contributed by atoms with van der Waals surface area (Å²) in [6.45, 7) is 0.122. The van der Waals surface area contributed by atoms with Crippen LogP contribution in [0.15, 0.2) is 53.4 Å². The third-order valence-electron chi connectivity index (χ3n) is 6.68. The van der Waals surface area contributed by atoms with E-state index in [1.807, 2.05) is 24.3 Å². The Labute approximate surface area is 191 Å². The van der Waals surface area contributed by atoms with Crippen molar-refractivity contribution >= 4 is 19.9 Å². The summed E-state index contributed by atoms with van der Waals surface area (Å²) >= 11 is 0. The van der Waals surface area contributed by atoms with Crippen LogP contribution in [-0.2, 0) is 26.4 Å². The van der Waals surface area contributed by atoms with Gasteiger partial charge in [0.1, 0.15) is 5.75 Å². The Balaban J connectivity index is 1.62. The summed E-state index contributed by atoms with van der Waals surface area (Å²) in [6, 6.07) is 13.9. The number of sulfone groups is 1. The van der Waals surface area contributed by atoms with Crippen molar-refractivity contribution in [1.82, 2.24) is 4.31 Å². The van der Waals surface area contributed by atoms with Crippen LogP contribution in [0.2, 0.25) is 0 Å². The summed E-state index contributed by atoms with van der Waals surface area (Å²) in [7, 11) is -5.52. The zero-order valence-electron chi connectivity index (χ0n) is 18.4. The lowest BCUT2D eigenvalue weighted by atomic mass is 9.84. The van der Waals surface area contributed by atoms with Crippen LogP contribution in [0.3, 0.4) is 0 Å². The Kier molecular flexibility index (Phi) is 6.93. The first-order valence-corrected chi connectivity index (χ1v) is 14.5. The van der Waals surface area contributed by atoms with Crippen LogP contribution in [0, 0.1) is 0 Å². The maximum absolute atomic E-state index is 13.7. The number of methoxy groups -OCH3 is 1. The smallest absolute Gasteiger partial charge is 0.243 e. The highest BCUT2D eigenvalue weighted by atomic mass is 32.2. The van der Waals surface area contributed by atoms with Crippen molar-refractivity contribution in [3.8, 4) is 5.75 Å². The highest BCUT2D eigenvalue weighted by molar-refractivity contribution is 7.92. The Bertz CT molecular complexity index is 1120. The average molecular weight is 478 g/mol. The number of hydrogen-bond acceptors (Lipinski definition) is 5. The van der Waals surface area contributed by atoms with Gasteiger partial charge in [0.25, 0.3) is 0 Å². The largest absolute Gasteiger partial charge is 0.497 e. The highest BCUT2D eigenvalue weighted by Gasteiger charge is 2.39. The molecule has 0 aromatic heterocycles. The van der Waals surface area contributed by atoms with Crippen LogP contribution in [-0.4, -0.2) is 45.8 Å². The van der Waals surface area contributed by atoms with Crippen molar-refractivity contribution in [2.45, 2.75) is 61.9 Å². The second kappa shape index (κ2) is 9.53. The lowest BCUT2D eigenvalue weighted by Gasteiger charge is -2.28. The van der Waals surface area contributed by atoms with Crippen LogP contribution in [0.4, 0.5) is 0 Å². The van der Waals surface area contributed by atoms with E-state index in [0.29, 0.717) is 18.1 Å². The predicted octanol–water partition coefficient (Wildman–Crippen LogP) is 4.12. The van der Waals surface area contributed by atoms with Gasteiger partial charge >= 0.3 is 0 Å². The number of rotatable bonds is 7. The Hall–Kier alpha value is -1.90. The van der Waals surface area contributed by atoms with Gasteiger partial charge in [-0.15, -0.1) is 0 Å². The number of hydrogen-bond donors (Lipinski definition) is 0. The molecule has 8 heteroatoms. The molecular formula is C24H31NO5S2. The van der Waals surface area contributed by atoms with Gasteiger partial charge in [0.2, 0.25) is 10.0 Å². The van der Waals surface area contributed by atoms with Gasteiger partial charge in [-0.05, 0) is 60.6 Å². The molecule has 1 saturated heterocycles. The summed E-state index contributed by atoms with van der Waals surface area (Å²) in [6.07, 6.45) is 6.32. The van der Waals surface area contributed by atoms with Gasteiger partial charge < -0.3 is 4.74 Å². The molecule has 0 amide bonds. The Morgan fingerprint density at radius 2 is 1.59 bits per heavy atom. The molecular weight excluding hydrogens is 446 g/mol. The molecule has 174 valence electrons. The Morgan fingerprint density at radius 3 is 2.16 bits per heavy atom. The van der Waals surface area contributed by atoms with Crippen molar-refractivity contribution in [2.75, 3.05) is 18.6 Å². The first-order chi connectivity index (χ1) is 15.3. The van der Waals surface area contributed by atoms with Crippen molar-refractivity contribution in [3.05, 3.63) is 59.7 Å². The maximum Gasteiger partial charge on any atom is 0.243 e. The highest BCUT2D eigenvalue weighted by Crippen LogP contribution is 2.34. The molecule has 1 heterocycles. The van der Waals surface area contributed by atoms with Gasteiger partial charge in [-0.1, -0.05) is 43.5 Å². The molecule has 0 N–H and O–H groups in total. The zero-order valence-corrected chi connectivity index (χ0v) is 20.1. The predicted molar refractivity (Wildman–Crippen MR) is 125 cm³/mol. The van der Waals surface area contributed by atoms with Crippen LogP contribution < -0.4 is 4.74 Å². The molecule has 1 unspecified atom stereocenters. The standard InChI is InChI=1S/C24H31NO5S2/c1-30-23-11-7-19(8-12-23)17-25(22-15-16-31(26,27)18-22)32(28,29)24-13-9-21(10-14-24)20-5-3-2-4-6-20/h7-14,20,22H,2-6,15-18H2,1H3. The summed E-state index contributed by atoms with van der Waals surface area (Å²) in [4.78, 5) is 0.217. The molecule has 1 atom stereocenters. The van der Waals surface area contributed by atoms with Crippen molar-refractivity contribution < 1.29 is 21.6 Å². The first kappa shape index (κ1) is 23.3. The quantitative estimate of drug-likeness (QED) is 0.599. The van der Waals surface area contributed by atoms with Gasteiger partial charge in [-0.3, -0.25) is 0 Å². The van der Waals surface area contributed by atoms with E-state index in [2.05, 4.69) is 0 Å². The minimum absolute atomic E-state index is 0.0208. The van der Waals surface area contributed by atoms with E-state index in [0.717, 1.165) is 18.4 Å². The molecule has 0 radical (unpaired) electrons. The van der Waals surface area contributed by atoms with E-state index in [1.165, 1.54) is 29.1 Å². The fourth-order valence-corrected chi connectivity index (χ4v) is 8.27. The fourth-order valence-electron chi connectivity index (χ4n) is 4.81. The fraction of sp³-hybridized carbons (Fsp3) is 0.500. The van der Waals surface area contributed by atoms with Crippen LogP contribution in [0.5, 0.6) is 5.75 Å². The number of nitrogens with zero attached hydrogens (tertiary/aromatic N) is 1. The van der Waals surface area contributed by atoms with Crippen molar-refractivity contribution in [3.63, 3.8) is 0 Å². The normalized spacial score (nSPS) is 21.6. The van der Waals surface area contributed by atoms with Gasteiger partial charge in [0, 0.05) is 12.6 Å². The first-order valence-electron chi connectivity index (χ1n) is 11.2. The van der Waals surface area contributed by atoms with Gasteiger partial charge in [-0.25, -0.2) is 16.8 Å². The third kappa shape index (κ3) is 5.18. The molecule has 0 bridgehead atoms. The molecule has 6 nitrogen and oxygen atoms in total. The van der Waals surface area contributed by atoms with E-state index in [-0.39, 0.29) is 22.9 Å². The van der Waals surface area contributed by atoms with Gasteiger partial charge in [0.15, 0.2) is 9.84 Å². The second-order valence-corrected chi connectivity index (χ2v) is 13.0. The lowest BCUT2D eigenvalue weighted by molar-refractivity contribution is 0.334. The molecule has 4 rings (SSSR count). The maximum atomic E-state index is 13.7. The summed E-state index contributed by atoms with van der Waals surface area (Å²) in [5.74, 6) is 1.07. The lowest BCUT2D eigenvalue weighted by Crippen LogP contribution is -2.40. The molecule has 1 aliphatic heterocycles. The number of ether oxygens (including phenoxy) is 1. The summed E-state index contributed by atoms with van der Waals surface area (Å²) < 4.78 is 58.1. The van der Waals surface area contributed by atoms with E-state index >= 15 is 0 Å². The van der Waals surface area contributed by atoms with Crippen LogP contribution in [0.25, 0.3) is 0 Å². The molecule has 2 fully saturated rings. The van der Waals surface area contributed by atoms with E-state index < -0.39 is 25.9 Å². The monoisotopic (exact) mass is 477 g/mol. The van der Waals surface area contributed by atoms with Crippen molar-refractivity contribution in [2.24, 2.45) is 0 Å². The summed E-state index contributed by atoms with van der Waals surface area (Å²) in [5, 5.41) is 0. The van der Waals surface area contributed by atoms with E-state index in [9.17, 15) is 16.8 Å². The SMILES string of the molecule is COc1ccc(CN(C2CCS(=O)(=O)C2)S(=O)(=O)c2ccc(C3CCCCC3)cc2)cc1. The molecule has 1 saturated carbocycles. The molecule has 0 spiro atoms.